The number of hydrogen-bond donors (Lipinski definition) is 1. The summed E-state index contributed by atoms with van der Waals surface area (Å²) < 4.78 is 41.8. The molecule has 1 N–H and O–H groups in total. The molecule has 0 bridgehead atoms. The molecule has 0 radical (unpaired) electrons. The molecule has 0 aliphatic rings. The van der Waals surface area contributed by atoms with Crippen LogP contribution in [0.4, 0.5) is 5.69 Å². The second-order valence-corrected chi connectivity index (χ2v) is 8.77. The number of nitrogens with zero attached hydrogens (tertiary/aromatic N) is 1. The van der Waals surface area contributed by atoms with E-state index in [0.29, 0.717) is 43.4 Å². The fourth-order valence-corrected chi connectivity index (χ4v) is 3.92. The fraction of sp³-hybridized carbons (Fsp3) is 0.409. The quantitative estimate of drug-likeness (QED) is 0.472. The maximum atomic E-state index is 12.3. The van der Waals surface area contributed by atoms with Gasteiger partial charge in [-0.05, 0) is 24.1 Å². The molecule has 0 atom stereocenters. The van der Waals surface area contributed by atoms with Crippen LogP contribution in [0.15, 0.2) is 48.5 Å². The molecule has 2 rings (SSSR count). The molecule has 0 heterocycles. The maximum Gasteiger partial charge on any atom is 0.232 e. The van der Waals surface area contributed by atoms with Crippen molar-refractivity contribution in [2.24, 2.45) is 0 Å². The van der Waals surface area contributed by atoms with Gasteiger partial charge in [-0.1, -0.05) is 30.3 Å². The molecule has 9 heteroatoms. The maximum absolute atomic E-state index is 12.3. The Bertz CT molecular complexity index is 934. The lowest BCUT2D eigenvalue weighted by atomic mass is 10.2. The molecule has 8 nitrogen and oxygen atoms in total. The summed E-state index contributed by atoms with van der Waals surface area (Å²) in [7, 11) is -0.528. The number of ether oxygens (including phenoxy) is 3. The second kappa shape index (κ2) is 12.2. The topological polar surface area (TPSA) is 94.2 Å². The average molecular weight is 451 g/mol. The lowest BCUT2D eigenvalue weighted by Crippen LogP contribution is -2.32. The third-order valence-corrected chi connectivity index (χ3v) is 5.69. The van der Waals surface area contributed by atoms with Gasteiger partial charge in [0, 0.05) is 25.6 Å². The molecule has 2 aromatic carbocycles. The highest BCUT2D eigenvalue weighted by Gasteiger charge is 2.19. The van der Waals surface area contributed by atoms with Crippen LogP contribution in [0.1, 0.15) is 18.4 Å². The fourth-order valence-electron chi connectivity index (χ4n) is 2.96. The first-order chi connectivity index (χ1) is 14.8. The molecule has 0 aliphatic carbocycles. The van der Waals surface area contributed by atoms with E-state index in [4.69, 9.17) is 14.2 Å². The molecular weight excluding hydrogens is 420 g/mol. The Balaban J connectivity index is 1.79. The molecule has 0 saturated heterocycles. The van der Waals surface area contributed by atoms with Crippen molar-refractivity contribution in [1.29, 1.82) is 0 Å². The number of amides is 1. The van der Waals surface area contributed by atoms with E-state index in [1.54, 1.807) is 18.2 Å². The molecule has 0 spiro atoms. The number of carbonyl (C=O) groups is 1. The van der Waals surface area contributed by atoms with Gasteiger partial charge >= 0.3 is 0 Å². The van der Waals surface area contributed by atoms with Crippen LogP contribution in [0, 0.1) is 0 Å². The Hall–Kier alpha value is -2.78. The van der Waals surface area contributed by atoms with Crippen molar-refractivity contribution < 1.29 is 27.4 Å². The van der Waals surface area contributed by atoms with Gasteiger partial charge in [-0.25, -0.2) is 8.42 Å². The van der Waals surface area contributed by atoms with Gasteiger partial charge in [-0.15, -0.1) is 0 Å². The molecule has 2 aromatic rings. The summed E-state index contributed by atoms with van der Waals surface area (Å²) in [5.41, 5.74) is 1.53. The first-order valence-electron chi connectivity index (χ1n) is 9.93. The van der Waals surface area contributed by atoms with E-state index < -0.39 is 10.0 Å². The number of nitrogens with one attached hydrogen (secondary N) is 1. The van der Waals surface area contributed by atoms with Gasteiger partial charge in [0.2, 0.25) is 15.9 Å². The lowest BCUT2D eigenvalue weighted by Gasteiger charge is -2.23. The standard InChI is InChI=1S/C22H30N2O6S/c1-28-20-12-11-19(16-21(20)29-2)24(31(3,26)27)14-7-10-22(25)23-13-15-30-17-18-8-5-4-6-9-18/h4-6,8-9,11-12,16H,7,10,13-15,17H2,1-3H3,(H,23,25). The van der Waals surface area contributed by atoms with Crippen molar-refractivity contribution in [1.82, 2.24) is 5.32 Å². The summed E-state index contributed by atoms with van der Waals surface area (Å²) in [6.45, 7) is 1.47. The SMILES string of the molecule is COc1ccc(N(CCCC(=O)NCCOCc2ccccc2)S(C)(=O)=O)cc1OC. The van der Waals surface area contributed by atoms with E-state index >= 15 is 0 Å². The monoisotopic (exact) mass is 450 g/mol. The van der Waals surface area contributed by atoms with Crippen molar-refractivity contribution >= 4 is 21.6 Å². The third-order valence-electron chi connectivity index (χ3n) is 4.50. The summed E-state index contributed by atoms with van der Waals surface area (Å²) in [5.74, 6) is 0.791. The number of hydrogen-bond acceptors (Lipinski definition) is 6. The van der Waals surface area contributed by atoms with Gasteiger partial charge in [-0.2, -0.15) is 0 Å². The van der Waals surface area contributed by atoms with Crippen LogP contribution in [0.3, 0.4) is 0 Å². The van der Waals surface area contributed by atoms with Crippen LogP contribution in [0.25, 0.3) is 0 Å². The zero-order chi connectivity index (χ0) is 22.7. The van der Waals surface area contributed by atoms with Gasteiger partial charge in [0.15, 0.2) is 11.5 Å². The Morgan fingerprint density at radius 2 is 1.74 bits per heavy atom. The number of benzene rings is 2. The van der Waals surface area contributed by atoms with E-state index in [9.17, 15) is 13.2 Å². The van der Waals surface area contributed by atoms with E-state index in [0.717, 1.165) is 11.8 Å². The summed E-state index contributed by atoms with van der Waals surface area (Å²) in [6.07, 6.45) is 1.71. The molecule has 0 unspecified atom stereocenters. The predicted molar refractivity (Wildman–Crippen MR) is 120 cm³/mol. The minimum Gasteiger partial charge on any atom is -0.493 e. The van der Waals surface area contributed by atoms with Gasteiger partial charge in [0.25, 0.3) is 0 Å². The molecular formula is C22H30N2O6S. The number of anilines is 1. The van der Waals surface area contributed by atoms with Crippen LogP contribution in [-0.2, 0) is 26.2 Å². The highest BCUT2D eigenvalue weighted by Crippen LogP contribution is 2.32. The number of carbonyl (C=O) groups excluding carboxylic acids is 1. The third kappa shape index (κ3) is 8.10. The summed E-state index contributed by atoms with van der Waals surface area (Å²) >= 11 is 0. The van der Waals surface area contributed by atoms with E-state index in [1.165, 1.54) is 18.5 Å². The highest BCUT2D eigenvalue weighted by atomic mass is 32.2. The highest BCUT2D eigenvalue weighted by molar-refractivity contribution is 7.92. The zero-order valence-corrected chi connectivity index (χ0v) is 19.0. The van der Waals surface area contributed by atoms with Crippen LogP contribution in [0.2, 0.25) is 0 Å². The summed E-state index contributed by atoms with van der Waals surface area (Å²) in [5, 5.41) is 2.79. The molecule has 0 aliphatic heterocycles. The molecule has 31 heavy (non-hydrogen) atoms. The molecule has 170 valence electrons. The van der Waals surface area contributed by atoms with Crippen LogP contribution >= 0.6 is 0 Å². The second-order valence-electron chi connectivity index (χ2n) is 6.87. The van der Waals surface area contributed by atoms with E-state index in [1.807, 2.05) is 30.3 Å². The molecule has 1 amide bonds. The van der Waals surface area contributed by atoms with Crippen molar-refractivity contribution in [2.45, 2.75) is 19.4 Å². The zero-order valence-electron chi connectivity index (χ0n) is 18.2. The molecule has 0 aromatic heterocycles. The Morgan fingerprint density at radius 1 is 1.03 bits per heavy atom. The molecule has 0 fully saturated rings. The van der Waals surface area contributed by atoms with Crippen LogP contribution < -0.4 is 19.1 Å². The molecule has 0 saturated carbocycles. The predicted octanol–water partition coefficient (Wildman–Crippen LogP) is 2.58. The minimum absolute atomic E-state index is 0.149. The largest absolute Gasteiger partial charge is 0.493 e. The Labute approximate surface area is 184 Å². The Morgan fingerprint density at radius 3 is 2.39 bits per heavy atom. The van der Waals surface area contributed by atoms with E-state index in [-0.39, 0.29) is 18.9 Å². The lowest BCUT2D eigenvalue weighted by molar-refractivity contribution is -0.121. The first kappa shape index (κ1) is 24.5. The minimum atomic E-state index is -3.53. The van der Waals surface area contributed by atoms with Gasteiger partial charge in [0.1, 0.15) is 0 Å². The normalized spacial score (nSPS) is 11.1. The van der Waals surface area contributed by atoms with Crippen molar-refractivity contribution in [3.05, 3.63) is 54.1 Å². The number of rotatable bonds is 13. The van der Waals surface area contributed by atoms with Crippen molar-refractivity contribution in [3.8, 4) is 11.5 Å². The van der Waals surface area contributed by atoms with Crippen molar-refractivity contribution in [3.63, 3.8) is 0 Å². The smallest absolute Gasteiger partial charge is 0.232 e. The summed E-state index contributed by atoms with van der Waals surface area (Å²) in [6, 6.07) is 14.7. The Kier molecular flexibility index (Phi) is 9.61. The van der Waals surface area contributed by atoms with Crippen LogP contribution in [-0.4, -0.2) is 54.5 Å². The summed E-state index contributed by atoms with van der Waals surface area (Å²) in [4.78, 5) is 12.1. The van der Waals surface area contributed by atoms with Crippen LogP contribution in [0.5, 0.6) is 11.5 Å². The van der Waals surface area contributed by atoms with Gasteiger partial charge in [0.05, 0.1) is 39.4 Å². The average Bonchev–Trinajstić information content (AvgIpc) is 2.76. The number of methoxy groups -OCH3 is 2. The van der Waals surface area contributed by atoms with Gasteiger partial charge < -0.3 is 19.5 Å². The van der Waals surface area contributed by atoms with Gasteiger partial charge in [-0.3, -0.25) is 9.10 Å². The van der Waals surface area contributed by atoms with Crippen molar-refractivity contribution in [2.75, 3.05) is 44.5 Å². The first-order valence-corrected chi connectivity index (χ1v) is 11.8. The number of sulfonamides is 1. The van der Waals surface area contributed by atoms with E-state index in [2.05, 4.69) is 5.32 Å².